The van der Waals surface area contributed by atoms with Crippen LogP contribution in [0.1, 0.15) is 57.8 Å². The Morgan fingerprint density at radius 3 is 2.48 bits per heavy atom. The molecule has 0 heterocycles. The lowest BCUT2D eigenvalue weighted by molar-refractivity contribution is -0.757. The molecule has 0 aromatic heterocycles. The van der Waals surface area contributed by atoms with E-state index < -0.39 is 5.09 Å². The smallest absolute Gasteiger partial charge is 0.294 e. The quantitative estimate of drug-likeness (QED) is 0.403. The van der Waals surface area contributed by atoms with Crippen molar-refractivity contribution in [3.05, 3.63) is 10.1 Å². The molecule has 0 aliphatic heterocycles. The van der Waals surface area contributed by atoms with Crippen molar-refractivity contribution < 1.29 is 14.7 Å². The van der Waals surface area contributed by atoms with Gasteiger partial charge in [0.05, 0.1) is 6.61 Å². The van der Waals surface area contributed by atoms with Gasteiger partial charge < -0.3 is 10.2 Å². The minimum absolute atomic E-state index is 0.171. The van der Waals surface area contributed by atoms with E-state index in [4.69, 9.17) is 0 Å². The number of carbonyl (C=O) groups is 1. The first-order valence-electron chi connectivity index (χ1n) is 8.22. The fourth-order valence-electron chi connectivity index (χ4n) is 3.85. The normalized spacial score (nSPS) is 27.3. The molecule has 6 heteroatoms. The lowest BCUT2D eigenvalue weighted by atomic mass is 10.0. The fraction of sp³-hybridized carbons (Fsp3) is 0.933. The summed E-state index contributed by atoms with van der Waals surface area (Å²) in [6.45, 7) is 0.894. The molecule has 1 unspecified atom stereocenters. The molecule has 3 atom stereocenters. The number of hydrogen-bond acceptors (Lipinski definition) is 4. The van der Waals surface area contributed by atoms with Crippen molar-refractivity contribution in [2.45, 2.75) is 57.8 Å². The molecular formula is C15H26N2O4. The topological polar surface area (TPSA) is 81.5 Å². The zero-order valence-electron chi connectivity index (χ0n) is 12.6. The fourth-order valence-corrected chi connectivity index (χ4v) is 3.85. The predicted molar refractivity (Wildman–Crippen MR) is 78.0 cm³/mol. The van der Waals surface area contributed by atoms with Crippen LogP contribution in [0, 0.1) is 27.9 Å². The Hall–Kier alpha value is -1.33. The molecule has 1 amide bonds. The van der Waals surface area contributed by atoms with Crippen molar-refractivity contribution in [3.63, 3.8) is 0 Å². The third-order valence-corrected chi connectivity index (χ3v) is 4.93. The van der Waals surface area contributed by atoms with Crippen LogP contribution in [0.5, 0.6) is 0 Å². The number of nitrogens with one attached hydrogen (secondary N) is 1. The van der Waals surface area contributed by atoms with Gasteiger partial charge in [-0.3, -0.25) is 4.79 Å². The number of nitrogens with zero attached hydrogens (tertiary/aromatic N) is 1. The van der Waals surface area contributed by atoms with Crippen LogP contribution in [0.4, 0.5) is 0 Å². The SMILES string of the molecule is O=C(NCCCCCCO[N+](=O)[O-])C1C[C@H]2CCC[C@H]2C1. The van der Waals surface area contributed by atoms with E-state index in [2.05, 4.69) is 10.2 Å². The number of unbranched alkanes of at least 4 members (excludes halogenated alkanes) is 3. The van der Waals surface area contributed by atoms with Crippen LogP contribution in [0.2, 0.25) is 0 Å². The predicted octanol–water partition coefficient (Wildman–Crippen LogP) is 2.70. The Morgan fingerprint density at radius 2 is 1.81 bits per heavy atom. The second kappa shape index (κ2) is 8.20. The summed E-state index contributed by atoms with van der Waals surface area (Å²) in [7, 11) is 0. The second-order valence-electron chi connectivity index (χ2n) is 6.38. The van der Waals surface area contributed by atoms with Crippen molar-refractivity contribution in [1.29, 1.82) is 0 Å². The largest absolute Gasteiger partial charge is 0.356 e. The van der Waals surface area contributed by atoms with Gasteiger partial charge in [-0.15, -0.1) is 10.1 Å². The maximum atomic E-state index is 12.1. The molecule has 0 bridgehead atoms. The van der Waals surface area contributed by atoms with Gasteiger partial charge in [0, 0.05) is 12.5 Å². The van der Waals surface area contributed by atoms with Gasteiger partial charge in [-0.05, 0) is 37.5 Å². The zero-order chi connectivity index (χ0) is 15.1. The Labute approximate surface area is 125 Å². The lowest BCUT2D eigenvalue weighted by Gasteiger charge is -2.11. The monoisotopic (exact) mass is 298 g/mol. The molecule has 120 valence electrons. The van der Waals surface area contributed by atoms with E-state index in [0.29, 0.717) is 6.42 Å². The van der Waals surface area contributed by atoms with Crippen LogP contribution in [-0.2, 0) is 9.63 Å². The first-order chi connectivity index (χ1) is 10.2. The third kappa shape index (κ3) is 5.17. The Bertz CT molecular complexity index is 350. The molecular weight excluding hydrogens is 272 g/mol. The Balaban J connectivity index is 1.46. The lowest BCUT2D eigenvalue weighted by Crippen LogP contribution is -2.30. The summed E-state index contributed by atoms with van der Waals surface area (Å²) in [5.41, 5.74) is 0. The number of carbonyl (C=O) groups excluding carboxylic acids is 1. The molecule has 0 saturated heterocycles. The first kappa shape index (κ1) is 16.0. The summed E-state index contributed by atoms with van der Waals surface area (Å²) in [5, 5.41) is 12.2. The number of amides is 1. The van der Waals surface area contributed by atoms with Crippen LogP contribution in [0.15, 0.2) is 0 Å². The number of fused-ring (bicyclic) bond motifs is 1. The first-order valence-corrected chi connectivity index (χ1v) is 8.22. The van der Waals surface area contributed by atoms with E-state index in [-0.39, 0.29) is 18.4 Å². The molecule has 0 aromatic rings. The average molecular weight is 298 g/mol. The van der Waals surface area contributed by atoms with Crippen molar-refractivity contribution in [2.24, 2.45) is 17.8 Å². The van der Waals surface area contributed by atoms with Crippen LogP contribution in [0.3, 0.4) is 0 Å². The van der Waals surface area contributed by atoms with Crippen LogP contribution < -0.4 is 5.32 Å². The van der Waals surface area contributed by atoms with Crippen LogP contribution in [-0.4, -0.2) is 24.1 Å². The van der Waals surface area contributed by atoms with E-state index in [0.717, 1.165) is 50.5 Å². The van der Waals surface area contributed by atoms with Crippen molar-refractivity contribution in [1.82, 2.24) is 5.32 Å². The van der Waals surface area contributed by atoms with Crippen LogP contribution >= 0.6 is 0 Å². The maximum Gasteiger partial charge on any atom is 0.294 e. The van der Waals surface area contributed by atoms with Gasteiger partial charge in [-0.25, -0.2) is 0 Å². The standard InChI is InChI=1S/C15H26N2O4/c18-15(14-10-12-6-5-7-13(12)11-14)16-8-3-1-2-4-9-21-17(19)20/h12-14H,1-11H2,(H,16,18)/t12-,13+,14?. The minimum atomic E-state index is -0.753. The van der Waals surface area contributed by atoms with Gasteiger partial charge >= 0.3 is 0 Å². The molecule has 2 aliphatic carbocycles. The van der Waals surface area contributed by atoms with Gasteiger partial charge in [-0.1, -0.05) is 32.1 Å². The van der Waals surface area contributed by atoms with Crippen LogP contribution in [0.25, 0.3) is 0 Å². The van der Waals surface area contributed by atoms with Crippen molar-refractivity contribution in [3.8, 4) is 0 Å². The zero-order valence-corrected chi connectivity index (χ0v) is 12.6. The summed E-state index contributed by atoms with van der Waals surface area (Å²) >= 11 is 0. The van der Waals surface area contributed by atoms with Gasteiger partial charge in [0.2, 0.25) is 5.91 Å². The van der Waals surface area contributed by atoms with Gasteiger partial charge in [0.25, 0.3) is 5.09 Å². The highest BCUT2D eigenvalue weighted by molar-refractivity contribution is 5.78. The molecule has 0 radical (unpaired) electrons. The maximum absolute atomic E-state index is 12.1. The molecule has 2 fully saturated rings. The number of rotatable bonds is 9. The highest BCUT2D eigenvalue weighted by Crippen LogP contribution is 2.46. The van der Waals surface area contributed by atoms with Gasteiger partial charge in [0.1, 0.15) is 0 Å². The number of hydrogen-bond donors (Lipinski definition) is 1. The molecule has 1 N–H and O–H groups in total. The van der Waals surface area contributed by atoms with Crippen molar-refractivity contribution in [2.75, 3.05) is 13.2 Å². The van der Waals surface area contributed by atoms with Crippen molar-refractivity contribution >= 4 is 5.91 Å². The Kier molecular flexibility index (Phi) is 6.26. The summed E-state index contributed by atoms with van der Waals surface area (Å²) in [6, 6.07) is 0. The molecule has 2 aliphatic rings. The summed E-state index contributed by atoms with van der Waals surface area (Å²) in [5.74, 6) is 2.10. The molecule has 2 saturated carbocycles. The molecule has 0 spiro atoms. The molecule has 6 nitrogen and oxygen atoms in total. The molecule has 2 rings (SSSR count). The van der Waals surface area contributed by atoms with E-state index in [1.54, 1.807) is 0 Å². The minimum Gasteiger partial charge on any atom is -0.356 e. The summed E-state index contributed by atoms with van der Waals surface area (Å²) in [4.78, 5) is 26.3. The van der Waals surface area contributed by atoms with Gasteiger partial charge in [0.15, 0.2) is 0 Å². The molecule has 0 aromatic carbocycles. The average Bonchev–Trinajstić information content (AvgIpc) is 3.02. The summed E-state index contributed by atoms with van der Waals surface area (Å²) in [6.07, 6.45) is 9.67. The van der Waals surface area contributed by atoms with E-state index in [1.807, 2.05) is 0 Å². The second-order valence-corrected chi connectivity index (χ2v) is 6.38. The summed E-state index contributed by atoms with van der Waals surface area (Å²) < 4.78 is 0. The Morgan fingerprint density at radius 1 is 1.14 bits per heavy atom. The highest BCUT2D eigenvalue weighted by atomic mass is 16.9. The molecule has 21 heavy (non-hydrogen) atoms. The van der Waals surface area contributed by atoms with E-state index >= 15 is 0 Å². The van der Waals surface area contributed by atoms with Gasteiger partial charge in [-0.2, -0.15) is 0 Å². The third-order valence-electron chi connectivity index (χ3n) is 4.93. The van der Waals surface area contributed by atoms with E-state index in [9.17, 15) is 14.9 Å². The van der Waals surface area contributed by atoms with E-state index in [1.165, 1.54) is 19.3 Å². The highest BCUT2D eigenvalue weighted by Gasteiger charge is 2.39.